The molecule has 5 rings (SSSR count). The number of anilines is 1. The second-order valence-corrected chi connectivity index (χ2v) is 8.53. The molecule has 0 bridgehead atoms. The fourth-order valence-electron chi connectivity index (χ4n) is 4.21. The molecule has 1 amide bonds. The summed E-state index contributed by atoms with van der Waals surface area (Å²) in [4.78, 5) is 16.3. The molecule has 0 radical (unpaired) electrons. The molecule has 1 aliphatic heterocycles. The average molecular weight is 477 g/mol. The number of hydrogen-bond acceptors (Lipinski definition) is 6. The highest BCUT2D eigenvalue weighted by Gasteiger charge is 2.24. The van der Waals surface area contributed by atoms with Crippen LogP contribution in [0.3, 0.4) is 0 Å². The van der Waals surface area contributed by atoms with Gasteiger partial charge in [-0.3, -0.25) is 9.48 Å². The average Bonchev–Trinajstić information content (AvgIpc) is 3.55. The number of amides is 1. The van der Waals surface area contributed by atoms with Crippen molar-refractivity contribution < 1.29 is 14.3 Å². The van der Waals surface area contributed by atoms with E-state index in [-0.39, 0.29) is 17.8 Å². The summed E-state index contributed by atoms with van der Waals surface area (Å²) in [5.74, 6) is -1.11. The summed E-state index contributed by atoms with van der Waals surface area (Å²) in [7, 11) is 1.85. The van der Waals surface area contributed by atoms with Gasteiger partial charge in [0.15, 0.2) is 11.6 Å². The van der Waals surface area contributed by atoms with E-state index >= 15 is 0 Å². The molecular weight excluding hydrogens is 451 g/mol. The summed E-state index contributed by atoms with van der Waals surface area (Å²) >= 11 is 0. The lowest BCUT2D eigenvalue weighted by Crippen LogP contribution is -2.25. The van der Waals surface area contributed by atoms with Crippen molar-refractivity contribution in [1.82, 2.24) is 24.7 Å². The zero-order valence-corrected chi connectivity index (χ0v) is 19.3. The molecule has 1 aliphatic rings. The molecule has 180 valence electrons. The number of aryl methyl sites for hydroxylation is 2. The van der Waals surface area contributed by atoms with Crippen molar-refractivity contribution in [3.05, 3.63) is 59.9 Å². The number of nitrogens with one attached hydrogen (secondary N) is 2. The minimum Gasteiger partial charge on any atom is -0.505 e. The molecular formula is C24H25FN8O2. The molecule has 35 heavy (non-hydrogen) atoms. The Balaban J connectivity index is 1.63. The third-order valence-electron chi connectivity index (χ3n) is 6.05. The van der Waals surface area contributed by atoms with E-state index in [2.05, 4.69) is 25.8 Å². The first-order valence-corrected chi connectivity index (χ1v) is 11.2. The van der Waals surface area contributed by atoms with Gasteiger partial charge < -0.3 is 21.5 Å². The van der Waals surface area contributed by atoms with Gasteiger partial charge in [-0.2, -0.15) is 10.2 Å². The highest BCUT2D eigenvalue weighted by atomic mass is 19.1. The first-order valence-electron chi connectivity index (χ1n) is 11.2. The van der Waals surface area contributed by atoms with Crippen LogP contribution in [0.5, 0.6) is 5.75 Å². The van der Waals surface area contributed by atoms with Crippen molar-refractivity contribution in [2.24, 2.45) is 17.8 Å². The molecule has 0 saturated carbocycles. The number of nitrogens with zero attached hydrogens (tertiary/aromatic N) is 5. The van der Waals surface area contributed by atoms with Gasteiger partial charge in [-0.1, -0.05) is 6.92 Å². The number of aromatic nitrogens is 4. The summed E-state index contributed by atoms with van der Waals surface area (Å²) in [5, 5.41) is 24.7. The smallest absolute Gasteiger partial charge is 0.222 e. The van der Waals surface area contributed by atoms with Crippen molar-refractivity contribution >= 4 is 28.6 Å². The Morgan fingerprint density at radius 1 is 1.29 bits per heavy atom. The summed E-state index contributed by atoms with van der Waals surface area (Å²) in [5.41, 5.74) is 11.2. The summed E-state index contributed by atoms with van der Waals surface area (Å²) < 4.78 is 17.5. The normalized spacial score (nSPS) is 16.1. The lowest BCUT2D eigenvalue weighted by atomic mass is 10.1. The number of aliphatic imine (C=N–C) groups is 1. The number of halogens is 1. The molecule has 1 aromatic carbocycles. The van der Waals surface area contributed by atoms with E-state index in [1.165, 1.54) is 6.07 Å². The number of aromatic hydroxyl groups is 1. The minimum atomic E-state index is -0.774. The number of rotatable bonds is 6. The van der Waals surface area contributed by atoms with Crippen LogP contribution in [0.2, 0.25) is 0 Å². The Hall–Kier alpha value is -4.41. The number of carbonyl (C=O) groups excluding carboxylic acids is 1. The summed E-state index contributed by atoms with van der Waals surface area (Å²) in [6, 6.07) is 4.34. The lowest BCUT2D eigenvalue weighted by Gasteiger charge is -2.17. The Labute approximate surface area is 200 Å². The molecule has 4 aromatic rings. The van der Waals surface area contributed by atoms with Gasteiger partial charge in [0.05, 0.1) is 40.9 Å². The van der Waals surface area contributed by atoms with Crippen LogP contribution < -0.4 is 16.4 Å². The van der Waals surface area contributed by atoms with Crippen LogP contribution in [0.15, 0.2) is 48.0 Å². The van der Waals surface area contributed by atoms with Crippen LogP contribution >= 0.6 is 0 Å². The fourth-order valence-corrected chi connectivity index (χ4v) is 4.21. The first kappa shape index (κ1) is 22.4. The molecule has 10 nitrogen and oxygen atoms in total. The first-order chi connectivity index (χ1) is 16.8. The Bertz CT molecular complexity index is 1470. The highest BCUT2D eigenvalue weighted by molar-refractivity contribution is 6.06. The second-order valence-electron chi connectivity index (χ2n) is 8.53. The van der Waals surface area contributed by atoms with Crippen molar-refractivity contribution in [3.63, 3.8) is 0 Å². The molecule has 0 aliphatic carbocycles. The van der Waals surface area contributed by atoms with Gasteiger partial charge >= 0.3 is 0 Å². The van der Waals surface area contributed by atoms with Crippen LogP contribution in [-0.4, -0.2) is 48.8 Å². The van der Waals surface area contributed by atoms with Gasteiger partial charge in [0.2, 0.25) is 5.91 Å². The summed E-state index contributed by atoms with van der Waals surface area (Å²) in [6.07, 6.45) is 8.01. The van der Waals surface area contributed by atoms with E-state index < -0.39 is 11.6 Å². The number of carbonyl (C=O) groups is 1. The number of phenols is 1. The molecule has 1 atom stereocenters. The SMILES string of the molecule is CCc1cc(O)c(F)cc1N=C(N)c1cnn2cc(-c3cnn(C)c3)cc2c1N[C@@H]1CNC(=O)C1. The quantitative estimate of drug-likeness (QED) is 0.249. The van der Waals surface area contributed by atoms with E-state index in [9.17, 15) is 14.3 Å². The molecule has 1 fully saturated rings. The summed E-state index contributed by atoms with van der Waals surface area (Å²) in [6.45, 7) is 2.36. The molecule has 4 heterocycles. The minimum absolute atomic E-state index is 0.0330. The Morgan fingerprint density at radius 3 is 2.80 bits per heavy atom. The molecule has 11 heteroatoms. The predicted molar refractivity (Wildman–Crippen MR) is 130 cm³/mol. The van der Waals surface area contributed by atoms with Crippen LogP contribution in [0.4, 0.5) is 15.8 Å². The predicted octanol–water partition coefficient (Wildman–Crippen LogP) is 2.48. The third-order valence-corrected chi connectivity index (χ3v) is 6.05. The van der Waals surface area contributed by atoms with Gasteiger partial charge in [-0.15, -0.1) is 0 Å². The zero-order chi connectivity index (χ0) is 24.7. The van der Waals surface area contributed by atoms with Gasteiger partial charge in [-0.05, 0) is 24.1 Å². The Morgan fingerprint density at radius 2 is 2.11 bits per heavy atom. The van der Waals surface area contributed by atoms with Crippen LogP contribution in [0, 0.1) is 5.82 Å². The Kier molecular flexibility index (Phi) is 5.59. The molecule has 1 saturated heterocycles. The van der Waals surface area contributed by atoms with Crippen LogP contribution in [-0.2, 0) is 18.3 Å². The van der Waals surface area contributed by atoms with E-state index in [0.29, 0.717) is 41.9 Å². The largest absolute Gasteiger partial charge is 0.505 e. The second kappa shape index (κ2) is 8.75. The van der Waals surface area contributed by atoms with E-state index in [1.807, 2.05) is 32.4 Å². The topological polar surface area (TPSA) is 135 Å². The number of amidine groups is 1. The number of hydrogen-bond donors (Lipinski definition) is 4. The molecule has 5 N–H and O–H groups in total. The number of nitrogens with two attached hydrogens (primary N) is 1. The van der Waals surface area contributed by atoms with Gasteiger partial charge in [0, 0.05) is 49.6 Å². The zero-order valence-electron chi connectivity index (χ0n) is 19.3. The van der Waals surface area contributed by atoms with Crippen molar-refractivity contribution in [3.8, 4) is 16.9 Å². The number of fused-ring (bicyclic) bond motifs is 1. The van der Waals surface area contributed by atoms with Crippen molar-refractivity contribution in [2.75, 3.05) is 11.9 Å². The standard InChI is InChI=1S/C24H25FN8O2/c1-3-13-5-21(34)18(25)7-19(13)31-24(26)17-10-29-33-12-14(15-8-28-32(2)11-15)4-20(33)23(17)30-16-6-22(35)27-9-16/h4-5,7-8,10-12,16,30,34H,3,6,9H2,1-2H3,(H2,26,31)(H,27,35)/t16-/m0/s1. The van der Waals surface area contributed by atoms with E-state index in [4.69, 9.17) is 5.73 Å². The van der Waals surface area contributed by atoms with Crippen molar-refractivity contribution in [2.45, 2.75) is 25.8 Å². The molecule has 0 spiro atoms. The van der Waals surface area contributed by atoms with Crippen LogP contribution in [0.1, 0.15) is 24.5 Å². The lowest BCUT2D eigenvalue weighted by molar-refractivity contribution is -0.119. The maximum absolute atomic E-state index is 14.1. The van der Waals surface area contributed by atoms with E-state index in [1.54, 1.807) is 21.6 Å². The number of benzene rings is 1. The molecule has 0 unspecified atom stereocenters. The maximum Gasteiger partial charge on any atom is 0.222 e. The highest BCUT2D eigenvalue weighted by Crippen LogP contribution is 2.32. The van der Waals surface area contributed by atoms with Crippen molar-refractivity contribution in [1.29, 1.82) is 0 Å². The maximum atomic E-state index is 14.1. The van der Waals surface area contributed by atoms with Gasteiger partial charge in [0.1, 0.15) is 5.84 Å². The number of phenolic OH excluding ortho intramolecular Hbond substituents is 1. The third kappa shape index (κ3) is 4.27. The van der Waals surface area contributed by atoms with E-state index in [0.717, 1.165) is 22.7 Å². The van der Waals surface area contributed by atoms with Crippen LogP contribution in [0.25, 0.3) is 16.6 Å². The van der Waals surface area contributed by atoms with Gasteiger partial charge in [0.25, 0.3) is 0 Å². The molecule has 3 aromatic heterocycles. The monoisotopic (exact) mass is 476 g/mol. The fraction of sp³-hybridized carbons (Fsp3) is 0.250. The van der Waals surface area contributed by atoms with Gasteiger partial charge in [-0.25, -0.2) is 13.9 Å².